The number of cyclic esters (lactones) is 1. The molecule has 1 rings (SSSR count). The molecule has 2 unspecified atom stereocenters. The smallest absolute Gasteiger partial charge is 0.333 e. The van der Waals surface area contributed by atoms with Gasteiger partial charge in [0.2, 0.25) is 6.29 Å². The molecule has 0 N–H and O–H groups in total. The van der Waals surface area contributed by atoms with Gasteiger partial charge in [-0.2, -0.15) is 0 Å². The third-order valence-corrected chi connectivity index (χ3v) is 12.6. The third-order valence-electron chi connectivity index (χ3n) is 8.07. The molecule has 6 heteroatoms. The largest absolute Gasteiger partial charge is 0.458 e. The number of hydrogen-bond donors (Lipinski definition) is 0. The van der Waals surface area contributed by atoms with Crippen molar-refractivity contribution < 1.29 is 23.5 Å². The van der Waals surface area contributed by atoms with Crippen molar-refractivity contribution >= 4 is 20.3 Å². The van der Waals surface area contributed by atoms with Crippen molar-refractivity contribution in [2.75, 3.05) is 0 Å². The molecule has 0 aromatic rings. The molecule has 0 aliphatic carbocycles. The molecule has 1 aliphatic rings. The van der Waals surface area contributed by atoms with Crippen LogP contribution < -0.4 is 0 Å². The molecule has 2 atom stereocenters. The zero-order chi connectivity index (χ0) is 27.4. The van der Waals surface area contributed by atoms with Gasteiger partial charge < -0.3 is 13.9 Å². The van der Waals surface area contributed by atoms with Crippen molar-refractivity contribution in [3.05, 3.63) is 11.6 Å². The molecule has 37 heavy (non-hydrogen) atoms. The molecule has 1 aliphatic heterocycles. The first-order valence-corrected chi connectivity index (χ1v) is 18.2. The SMILES string of the molecule is CCCCCCCCCCCCCCCCCCC(OC(C)=O)C1=CC(=O)OC1O[Si](CC)(CC)CC. The maximum Gasteiger partial charge on any atom is 0.333 e. The van der Waals surface area contributed by atoms with Crippen molar-refractivity contribution in [1.29, 1.82) is 0 Å². The summed E-state index contributed by atoms with van der Waals surface area (Å²) in [5.74, 6) is -0.721. The normalized spacial score (nSPS) is 16.5. The van der Waals surface area contributed by atoms with E-state index in [-0.39, 0.29) is 5.97 Å². The van der Waals surface area contributed by atoms with E-state index < -0.39 is 26.7 Å². The number of esters is 2. The van der Waals surface area contributed by atoms with Gasteiger partial charge in [0, 0.05) is 18.6 Å². The molecule has 0 saturated carbocycles. The van der Waals surface area contributed by atoms with Crippen LogP contribution in [0.2, 0.25) is 18.1 Å². The molecule has 0 radical (unpaired) electrons. The number of carbonyl (C=O) groups excluding carboxylic acids is 2. The number of unbranched alkanes of at least 4 members (excludes halogenated alkanes) is 15. The van der Waals surface area contributed by atoms with E-state index in [1.807, 2.05) is 0 Å². The van der Waals surface area contributed by atoms with Crippen LogP contribution in [-0.4, -0.2) is 32.6 Å². The van der Waals surface area contributed by atoms with E-state index in [2.05, 4.69) is 27.7 Å². The first kappa shape index (κ1) is 33.9. The molecule has 216 valence electrons. The van der Waals surface area contributed by atoms with Crippen LogP contribution in [-0.2, 0) is 23.5 Å². The van der Waals surface area contributed by atoms with Crippen LogP contribution in [0.3, 0.4) is 0 Å². The Hall–Kier alpha value is -1.14. The summed E-state index contributed by atoms with van der Waals surface area (Å²) in [5, 5.41) is 0. The lowest BCUT2D eigenvalue weighted by molar-refractivity contribution is -0.152. The number of ether oxygens (including phenoxy) is 2. The first-order valence-electron chi connectivity index (χ1n) is 15.7. The average Bonchev–Trinajstić information content (AvgIpc) is 3.25. The quantitative estimate of drug-likeness (QED) is 0.0695. The zero-order valence-corrected chi connectivity index (χ0v) is 25.9. The standard InChI is InChI=1S/C31H58O5Si/c1-6-10-11-12-13-14-15-16-17-18-19-20-21-22-23-24-25-29(34-27(5)32)28-26-30(33)35-31(28)36-37(7-2,8-3)9-4/h26,29,31H,6-25H2,1-5H3. The lowest BCUT2D eigenvalue weighted by atomic mass is 10.0. The highest BCUT2D eigenvalue weighted by molar-refractivity contribution is 6.73. The Kier molecular flexibility index (Phi) is 19.0. The molecule has 0 bridgehead atoms. The molecule has 0 aromatic carbocycles. The molecular formula is C31H58O5Si. The second-order valence-corrected chi connectivity index (χ2v) is 15.7. The summed E-state index contributed by atoms with van der Waals surface area (Å²) >= 11 is 0. The second-order valence-electron chi connectivity index (χ2n) is 11.0. The van der Waals surface area contributed by atoms with Crippen molar-refractivity contribution in [1.82, 2.24) is 0 Å². The van der Waals surface area contributed by atoms with Gasteiger partial charge in [0.1, 0.15) is 6.10 Å². The summed E-state index contributed by atoms with van der Waals surface area (Å²) in [5.41, 5.74) is 0.688. The molecule has 1 heterocycles. The van der Waals surface area contributed by atoms with Gasteiger partial charge in [-0.05, 0) is 31.0 Å². The van der Waals surface area contributed by atoms with Gasteiger partial charge in [0.25, 0.3) is 0 Å². The summed E-state index contributed by atoms with van der Waals surface area (Å²) in [6, 6.07) is 2.91. The van der Waals surface area contributed by atoms with E-state index in [0.29, 0.717) is 12.0 Å². The van der Waals surface area contributed by atoms with Crippen LogP contribution in [0.25, 0.3) is 0 Å². The number of rotatable bonds is 24. The molecule has 5 nitrogen and oxygen atoms in total. The minimum atomic E-state index is -1.97. The summed E-state index contributed by atoms with van der Waals surface area (Å²) in [7, 11) is -1.97. The van der Waals surface area contributed by atoms with Crippen LogP contribution in [0.5, 0.6) is 0 Å². The fraction of sp³-hybridized carbons (Fsp3) is 0.871. The Bertz CT molecular complexity index is 635. The van der Waals surface area contributed by atoms with Crippen molar-refractivity contribution in [2.24, 2.45) is 0 Å². The van der Waals surface area contributed by atoms with Gasteiger partial charge in [-0.3, -0.25) is 4.79 Å². The summed E-state index contributed by atoms with van der Waals surface area (Å²) in [6.07, 6.45) is 22.2. The van der Waals surface area contributed by atoms with Crippen molar-refractivity contribution in [3.63, 3.8) is 0 Å². The summed E-state index contributed by atoms with van der Waals surface area (Å²) in [6.45, 7) is 10.2. The summed E-state index contributed by atoms with van der Waals surface area (Å²) in [4.78, 5) is 23.9. The highest BCUT2D eigenvalue weighted by Gasteiger charge is 2.40. The number of hydrogen-bond acceptors (Lipinski definition) is 5. The molecule has 0 fully saturated rings. The van der Waals surface area contributed by atoms with Crippen LogP contribution in [0.4, 0.5) is 0 Å². The van der Waals surface area contributed by atoms with Gasteiger partial charge in [-0.25, -0.2) is 4.79 Å². The van der Waals surface area contributed by atoms with Crippen LogP contribution in [0.1, 0.15) is 144 Å². The minimum absolute atomic E-state index is 0.328. The third kappa shape index (κ3) is 14.5. The van der Waals surface area contributed by atoms with Crippen molar-refractivity contribution in [3.8, 4) is 0 Å². The Morgan fingerprint density at radius 3 is 1.62 bits per heavy atom. The average molecular weight is 539 g/mol. The van der Waals surface area contributed by atoms with Crippen molar-refractivity contribution in [2.45, 2.75) is 174 Å². The van der Waals surface area contributed by atoms with E-state index in [9.17, 15) is 9.59 Å². The summed E-state index contributed by atoms with van der Waals surface area (Å²) < 4.78 is 17.6. The van der Waals surface area contributed by atoms with Crippen LogP contribution in [0, 0.1) is 0 Å². The van der Waals surface area contributed by atoms with Gasteiger partial charge in [0.05, 0.1) is 0 Å². The predicted octanol–water partition coefficient (Wildman–Crippen LogP) is 9.40. The van der Waals surface area contributed by atoms with Gasteiger partial charge in [-0.1, -0.05) is 124 Å². The maximum absolute atomic E-state index is 12.1. The van der Waals surface area contributed by atoms with E-state index >= 15 is 0 Å². The lowest BCUT2D eigenvalue weighted by Gasteiger charge is -2.33. The number of carbonyl (C=O) groups is 2. The van der Waals surface area contributed by atoms with E-state index in [1.165, 1.54) is 103 Å². The Morgan fingerprint density at radius 1 is 0.784 bits per heavy atom. The first-order chi connectivity index (χ1) is 17.9. The Labute approximate surface area is 229 Å². The second kappa shape index (κ2) is 20.8. The molecule has 0 amide bonds. The minimum Gasteiger partial charge on any atom is -0.458 e. The molecule has 0 saturated heterocycles. The molecular weight excluding hydrogens is 480 g/mol. The van der Waals surface area contributed by atoms with E-state index in [0.717, 1.165) is 31.0 Å². The van der Waals surface area contributed by atoms with E-state index in [1.54, 1.807) is 0 Å². The highest BCUT2D eigenvalue weighted by atomic mass is 28.4. The van der Waals surface area contributed by atoms with Crippen LogP contribution in [0.15, 0.2) is 11.6 Å². The van der Waals surface area contributed by atoms with Gasteiger partial charge in [0.15, 0.2) is 8.32 Å². The highest BCUT2D eigenvalue weighted by Crippen LogP contribution is 2.32. The van der Waals surface area contributed by atoms with Gasteiger partial charge >= 0.3 is 11.9 Å². The van der Waals surface area contributed by atoms with E-state index in [4.69, 9.17) is 13.9 Å². The zero-order valence-electron chi connectivity index (χ0n) is 24.9. The molecule has 0 aromatic heterocycles. The lowest BCUT2D eigenvalue weighted by Crippen LogP contribution is -2.42. The predicted molar refractivity (Wildman–Crippen MR) is 156 cm³/mol. The maximum atomic E-state index is 12.1. The van der Waals surface area contributed by atoms with Gasteiger partial charge in [-0.15, -0.1) is 0 Å². The Balaban J connectivity index is 2.27. The fourth-order valence-corrected chi connectivity index (χ4v) is 7.99. The van der Waals surface area contributed by atoms with Crippen LogP contribution >= 0.6 is 0 Å². The Morgan fingerprint density at radius 2 is 1.22 bits per heavy atom. The fourth-order valence-electron chi connectivity index (χ4n) is 5.35. The topological polar surface area (TPSA) is 61.8 Å². The molecule has 0 spiro atoms. The monoisotopic (exact) mass is 538 g/mol.